The molecule has 2 nitrogen and oxygen atoms in total. The smallest absolute Gasteiger partial charge is 0.107 e. The minimum absolute atomic E-state index is 0.645. The number of rotatable bonds is 2. The number of aromatic nitrogens is 1. The molecule has 1 heterocycles. The predicted molar refractivity (Wildman–Crippen MR) is 105 cm³/mol. The fraction of sp³-hybridized carbons (Fsp3) is 0.0417. The van der Waals surface area contributed by atoms with Gasteiger partial charge in [-0.15, -0.1) is 0 Å². The molecule has 3 aromatic carbocycles. The van der Waals surface area contributed by atoms with E-state index in [2.05, 4.69) is 30.3 Å². The lowest BCUT2D eigenvalue weighted by molar-refractivity contribution is 0.225. The Morgan fingerprint density at radius 1 is 0.654 bits per heavy atom. The summed E-state index contributed by atoms with van der Waals surface area (Å²) in [7, 11) is 0. The summed E-state index contributed by atoms with van der Waals surface area (Å²) in [5.74, 6) is 0. The van der Waals surface area contributed by atoms with Gasteiger partial charge in [-0.3, -0.25) is 0 Å². The summed E-state index contributed by atoms with van der Waals surface area (Å²) in [6, 6.07) is 30.5. The van der Waals surface area contributed by atoms with Gasteiger partial charge in [0.2, 0.25) is 0 Å². The number of nitrogens with zero attached hydrogens (tertiary/aromatic N) is 1. The van der Waals surface area contributed by atoms with Crippen LogP contribution in [0.15, 0.2) is 91.0 Å². The van der Waals surface area contributed by atoms with E-state index in [1.165, 1.54) is 0 Å². The van der Waals surface area contributed by atoms with Crippen LogP contribution in [0.4, 0.5) is 0 Å². The number of hydrogen-bond donors (Lipinski definition) is 1. The summed E-state index contributed by atoms with van der Waals surface area (Å²) in [5.41, 5.74) is 7.86. The molecule has 0 bridgehead atoms. The highest BCUT2D eigenvalue weighted by Gasteiger charge is 2.31. The molecule has 5 rings (SSSR count). The van der Waals surface area contributed by atoms with Crippen LogP contribution in [-0.2, 0) is 0 Å². The van der Waals surface area contributed by atoms with E-state index < -0.39 is 6.10 Å². The maximum absolute atomic E-state index is 11.0. The molecule has 1 atom stereocenters. The fourth-order valence-corrected chi connectivity index (χ4v) is 3.76. The lowest BCUT2D eigenvalue weighted by atomic mass is 9.95. The van der Waals surface area contributed by atoms with Crippen molar-refractivity contribution in [2.75, 3.05) is 0 Å². The Balaban J connectivity index is 1.83. The van der Waals surface area contributed by atoms with Crippen molar-refractivity contribution in [1.29, 1.82) is 0 Å². The van der Waals surface area contributed by atoms with Gasteiger partial charge in [0.1, 0.15) is 6.10 Å². The molecule has 0 aliphatic heterocycles. The molecule has 0 fully saturated rings. The molecule has 0 saturated heterocycles. The molecule has 0 amide bonds. The highest BCUT2D eigenvalue weighted by Crippen LogP contribution is 2.47. The van der Waals surface area contributed by atoms with Crippen molar-refractivity contribution in [2.45, 2.75) is 6.10 Å². The molecule has 124 valence electrons. The van der Waals surface area contributed by atoms with E-state index in [4.69, 9.17) is 4.98 Å². The first kappa shape index (κ1) is 15.1. The van der Waals surface area contributed by atoms with Gasteiger partial charge < -0.3 is 5.11 Å². The second kappa shape index (κ2) is 5.94. The van der Waals surface area contributed by atoms with Crippen molar-refractivity contribution < 1.29 is 5.11 Å². The van der Waals surface area contributed by atoms with Gasteiger partial charge in [-0.1, -0.05) is 84.9 Å². The SMILES string of the molecule is OC1c2ccccc2-c2nc(-c3ccccc3)cc(-c3ccccc3)c21. The molecular formula is C24H17NO. The zero-order valence-corrected chi connectivity index (χ0v) is 14.1. The first-order chi connectivity index (χ1) is 12.8. The maximum atomic E-state index is 11.0. The van der Waals surface area contributed by atoms with E-state index in [9.17, 15) is 5.11 Å². The topological polar surface area (TPSA) is 33.1 Å². The molecule has 4 aromatic rings. The Labute approximate surface area is 152 Å². The third kappa shape index (κ3) is 2.27. The van der Waals surface area contributed by atoms with Gasteiger partial charge in [-0.25, -0.2) is 4.98 Å². The average molecular weight is 335 g/mol. The van der Waals surface area contributed by atoms with Gasteiger partial charge in [-0.2, -0.15) is 0 Å². The zero-order chi connectivity index (χ0) is 17.5. The molecule has 1 unspecified atom stereocenters. The van der Waals surface area contributed by atoms with Crippen molar-refractivity contribution in [2.24, 2.45) is 0 Å². The molecule has 0 radical (unpaired) electrons. The van der Waals surface area contributed by atoms with E-state index in [1.54, 1.807) is 0 Å². The van der Waals surface area contributed by atoms with Crippen LogP contribution >= 0.6 is 0 Å². The standard InChI is InChI=1S/C24H17NO/c26-24-19-14-8-7-13-18(19)23-22(24)20(16-9-3-1-4-10-16)15-21(25-23)17-11-5-2-6-12-17/h1-15,24,26H. The van der Waals surface area contributed by atoms with Crippen molar-refractivity contribution in [3.8, 4) is 33.6 Å². The van der Waals surface area contributed by atoms with Crippen molar-refractivity contribution in [1.82, 2.24) is 4.98 Å². The van der Waals surface area contributed by atoms with Crippen LogP contribution in [0.1, 0.15) is 17.2 Å². The molecule has 0 saturated carbocycles. The Hall–Kier alpha value is -3.23. The summed E-state index contributed by atoms with van der Waals surface area (Å²) in [6.45, 7) is 0. The predicted octanol–water partition coefficient (Wildman–Crippen LogP) is 5.48. The number of hydrogen-bond acceptors (Lipinski definition) is 2. The molecular weight excluding hydrogens is 318 g/mol. The summed E-state index contributed by atoms with van der Waals surface area (Å²) >= 11 is 0. The van der Waals surface area contributed by atoms with Crippen LogP contribution in [0.2, 0.25) is 0 Å². The first-order valence-electron chi connectivity index (χ1n) is 8.76. The summed E-state index contributed by atoms with van der Waals surface area (Å²) < 4.78 is 0. The van der Waals surface area contributed by atoms with E-state index in [-0.39, 0.29) is 0 Å². The maximum Gasteiger partial charge on any atom is 0.107 e. The summed E-state index contributed by atoms with van der Waals surface area (Å²) in [4.78, 5) is 4.94. The second-order valence-electron chi connectivity index (χ2n) is 6.54. The van der Waals surface area contributed by atoms with E-state index >= 15 is 0 Å². The third-order valence-corrected chi connectivity index (χ3v) is 5.00. The van der Waals surface area contributed by atoms with E-state index in [1.807, 2.05) is 60.7 Å². The van der Waals surface area contributed by atoms with Gasteiger partial charge in [-0.05, 0) is 22.8 Å². The van der Waals surface area contributed by atoms with Gasteiger partial charge in [0, 0.05) is 16.7 Å². The molecule has 1 N–H and O–H groups in total. The zero-order valence-electron chi connectivity index (χ0n) is 14.1. The van der Waals surface area contributed by atoms with Gasteiger partial charge in [0.15, 0.2) is 0 Å². The lowest BCUT2D eigenvalue weighted by Gasteiger charge is -2.14. The van der Waals surface area contributed by atoms with Crippen LogP contribution in [-0.4, -0.2) is 10.1 Å². The Morgan fingerprint density at radius 2 is 1.27 bits per heavy atom. The number of pyridine rings is 1. The molecule has 0 spiro atoms. The minimum atomic E-state index is -0.645. The quantitative estimate of drug-likeness (QED) is 0.526. The van der Waals surface area contributed by atoms with Crippen LogP contribution in [0, 0.1) is 0 Å². The fourth-order valence-electron chi connectivity index (χ4n) is 3.76. The van der Waals surface area contributed by atoms with Crippen molar-refractivity contribution in [3.63, 3.8) is 0 Å². The highest BCUT2D eigenvalue weighted by atomic mass is 16.3. The monoisotopic (exact) mass is 335 g/mol. The molecule has 1 aromatic heterocycles. The van der Waals surface area contributed by atoms with Crippen LogP contribution in [0.3, 0.4) is 0 Å². The van der Waals surface area contributed by atoms with Gasteiger partial charge >= 0.3 is 0 Å². The number of fused-ring (bicyclic) bond motifs is 3. The third-order valence-electron chi connectivity index (χ3n) is 5.00. The minimum Gasteiger partial charge on any atom is -0.384 e. The van der Waals surface area contributed by atoms with Crippen LogP contribution in [0.25, 0.3) is 33.6 Å². The Bertz CT molecular complexity index is 1090. The number of benzene rings is 3. The Kier molecular flexibility index (Phi) is 3.44. The van der Waals surface area contributed by atoms with Gasteiger partial charge in [0.05, 0.1) is 11.4 Å². The molecule has 1 aliphatic carbocycles. The summed E-state index contributed by atoms with van der Waals surface area (Å²) in [5, 5.41) is 11.0. The summed E-state index contributed by atoms with van der Waals surface area (Å²) in [6.07, 6.45) is -0.645. The normalized spacial score (nSPS) is 14.7. The molecule has 1 aliphatic rings. The van der Waals surface area contributed by atoms with Crippen molar-refractivity contribution in [3.05, 3.63) is 102 Å². The largest absolute Gasteiger partial charge is 0.384 e. The second-order valence-corrected chi connectivity index (χ2v) is 6.54. The van der Waals surface area contributed by atoms with E-state index in [0.717, 1.165) is 44.8 Å². The Morgan fingerprint density at radius 3 is 2.00 bits per heavy atom. The first-order valence-corrected chi connectivity index (χ1v) is 8.76. The lowest BCUT2D eigenvalue weighted by Crippen LogP contribution is -1.99. The highest BCUT2D eigenvalue weighted by molar-refractivity contribution is 5.86. The van der Waals surface area contributed by atoms with Crippen molar-refractivity contribution >= 4 is 0 Å². The van der Waals surface area contributed by atoms with Crippen LogP contribution < -0.4 is 0 Å². The number of aliphatic hydroxyl groups is 1. The molecule has 26 heavy (non-hydrogen) atoms. The average Bonchev–Trinajstić information content (AvgIpc) is 3.01. The molecule has 2 heteroatoms. The van der Waals surface area contributed by atoms with Crippen LogP contribution in [0.5, 0.6) is 0 Å². The number of aliphatic hydroxyl groups excluding tert-OH is 1. The van der Waals surface area contributed by atoms with E-state index in [0.29, 0.717) is 0 Å². The van der Waals surface area contributed by atoms with Gasteiger partial charge in [0.25, 0.3) is 0 Å².